The van der Waals surface area contributed by atoms with Crippen LogP contribution in [0, 0.1) is 11.8 Å². The lowest BCUT2D eigenvalue weighted by atomic mass is 10.1. The highest BCUT2D eigenvalue weighted by Crippen LogP contribution is 2.41. The van der Waals surface area contributed by atoms with E-state index < -0.39 is 0 Å². The van der Waals surface area contributed by atoms with Crippen molar-refractivity contribution in [1.82, 2.24) is 14.6 Å². The van der Waals surface area contributed by atoms with Crippen LogP contribution in [-0.2, 0) is 6.42 Å². The third-order valence-electron chi connectivity index (χ3n) is 6.85. The molecular weight excluding hydrogens is 410 g/mol. The van der Waals surface area contributed by atoms with Gasteiger partial charge in [-0.3, -0.25) is 9.80 Å². The van der Waals surface area contributed by atoms with Crippen LogP contribution >= 0.6 is 0 Å². The van der Waals surface area contributed by atoms with Crippen molar-refractivity contribution < 1.29 is 0 Å². The number of rotatable bonds is 3. The van der Waals surface area contributed by atoms with E-state index in [0.29, 0.717) is 11.5 Å². The zero-order valence-corrected chi connectivity index (χ0v) is 18.7. The molecule has 0 amide bonds. The SMILES string of the molecule is O=c1c(C#Cc2cnc(N3CCCCC3)nc2)c(C2CC2)ccn1N1CCc2ccccc21. The normalized spacial score (nSPS) is 17.5. The fourth-order valence-corrected chi connectivity index (χ4v) is 4.91. The number of benzene rings is 1. The summed E-state index contributed by atoms with van der Waals surface area (Å²) in [5.74, 6) is 7.59. The van der Waals surface area contributed by atoms with Crippen molar-refractivity contribution in [3.05, 3.63) is 81.5 Å². The van der Waals surface area contributed by atoms with E-state index in [4.69, 9.17) is 0 Å². The van der Waals surface area contributed by atoms with Crippen LogP contribution in [0.3, 0.4) is 0 Å². The van der Waals surface area contributed by atoms with Gasteiger partial charge in [0.2, 0.25) is 5.95 Å². The van der Waals surface area contributed by atoms with Crippen LogP contribution in [0.4, 0.5) is 11.6 Å². The first-order valence-corrected chi connectivity index (χ1v) is 12.0. The summed E-state index contributed by atoms with van der Waals surface area (Å²) in [6, 6.07) is 10.4. The summed E-state index contributed by atoms with van der Waals surface area (Å²) < 4.78 is 1.73. The number of anilines is 2. The first-order valence-electron chi connectivity index (χ1n) is 12.0. The number of fused-ring (bicyclic) bond motifs is 1. The molecule has 33 heavy (non-hydrogen) atoms. The van der Waals surface area contributed by atoms with E-state index in [0.717, 1.165) is 61.7 Å². The minimum Gasteiger partial charge on any atom is -0.341 e. The number of para-hydroxylation sites is 1. The molecule has 2 aliphatic heterocycles. The van der Waals surface area contributed by atoms with Gasteiger partial charge in [-0.2, -0.15) is 0 Å². The Morgan fingerprint density at radius 3 is 2.48 bits per heavy atom. The molecule has 0 atom stereocenters. The van der Waals surface area contributed by atoms with Gasteiger partial charge in [-0.15, -0.1) is 0 Å². The lowest BCUT2D eigenvalue weighted by molar-refractivity contribution is 0.568. The van der Waals surface area contributed by atoms with E-state index in [1.165, 1.54) is 24.8 Å². The molecule has 0 spiro atoms. The average Bonchev–Trinajstić information content (AvgIpc) is 3.63. The number of aromatic nitrogens is 3. The second-order valence-corrected chi connectivity index (χ2v) is 9.14. The molecule has 6 nitrogen and oxygen atoms in total. The predicted octanol–water partition coefficient (Wildman–Crippen LogP) is 3.73. The highest BCUT2D eigenvalue weighted by molar-refractivity contribution is 5.58. The largest absolute Gasteiger partial charge is 0.341 e. The van der Waals surface area contributed by atoms with Crippen molar-refractivity contribution in [3.63, 3.8) is 0 Å². The molecule has 0 N–H and O–H groups in total. The first kappa shape index (κ1) is 20.0. The number of hydrogen-bond acceptors (Lipinski definition) is 5. The highest BCUT2D eigenvalue weighted by atomic mass is 16.1. The summed E-state index contributed by atoms with van der Waals surface area (Å²) in [6.45, 7) is 2.82. The monoisotopic (exact) mass is 437 g/mol. The minimum atomic E-state index is -0.0468. The van der Waals surface area contributed by atoms with Crippen LogP contribution in [0.2, 0.25) is 0 Å². The Morgan fingerprint density at radius 2 is 1.70 bits per heavy atom. The molecule has 0 bridgehead atoms. The Kier molecular flexibility index (Phi) is 5.10. The van der Waals surface area contributed by atoms with Crippen molar-refractivity contribution in [3.8, 4) is 11.8 Å². The maximum atomic E-state index is 13.6. The Balaban J connectivity index is 1.33. The molecule has 1 aromatic carbocycles. The number of nitrogens with zero attached hydrogens (tertiary/aromatic N) is 5. The number of pyridine rings is 1. The number of hydrogen-bond donors (Lipinski definition) is 0. The van der Waals surface area contributed by atoms with E-state index in [1.54, 1.807) is 17.1 Å². The van der Waals surface area contributed by atoms with E-state index in [-0.39, 0.29) is 5.56 Å². The zero-order chi connectivity index (χ0) is 22.2. The Bertz CT molecular complexity index is 1290. The molecule has 2 fully saturated rings. The maximum absolute atomic E-state index is 13.6. The van der Waals surface area contributed by atoms with Crippen LogP contribution in [0.5, 0.6) is 0 Å². The fourth-order valence-electron chi connectivity index (χ4n) is 4.91. The molecule has 166 valence electrons. The summed E-state index contributed by atoms with van der Waals surface area (Å²) in [6.07, 6.45) is 12.3. The molecule has 1 saturated heterocycles. The predicted molar refractivity (Wildman–Crippen MR) is 130 cm³/mol. The molecule has 6 heteroatoms. The van der Waals surface area contributed by atoms with Crippen LogP contribution < -0.4 is 15.5 Å². The highest BCUT2D eigenvalue weighted by Gasteiger charge is 2.29. The van der Waals surface area contributed by atoms with E-state index in [2.05, 4.69) is 56.0 Å². The van der Waals surface area contributed by atoms with E-state index >= 15 is 0 Å². The Hall–Kier alpha value is -3.59. The topological polar surface area (TPSA) is 54.3 Å². The fraction of sp³-hybridized carbons (Fsp3) is 0.370. The van der Waals surface area contributed by atoms with Gasteiger partial charge in [0.1, 0.15) is 0 Å². The smallest absolute Gasteiger partial charge is 0.285 e. The molecule has 2 aromatic heterocycles. The standard InChI is InChI=1S/C27H27N5O/c33-26-24(11-8-20-18-28-27(29-19-20)30-14-4-1-5-15-30)23(21-9-10-21)13-17-32(26)31-16-12-22-6-2-3-7-25(22)31/h2-3,6-7,13,17-19,21H,1,4-5,9-10,12,14-16H2. The van der Waals surface area contributed by atoms with Gasteiger partial charge in [-0.25, -0.2) is 14.6 Å². The van der Waals surface area contributed by atoms with Gasteiger partial charge in [0.05, 0.1) is 16.8 Å². The second kappa shape index (κ2) is 8.40. The van der Waals surface area contributed by atoms with Crippen molar-refractivity contribution in [1.29, 1.82) is 0 Å². The first-order chi connectivity index (χ1) is 16.3. The van der Waals surface area contributed by atoms with Gasteiger partial charge in [0, 0.05) is 38.2 Å². The molecule has 3 aromatic rings. The Labute approximate surface area is 193 Å². The summed E-state index contributed by atoms with van der Waals surface area (Å²) in [4.78, 5) is 24.9. The summed E-state index contributed by atoms with van der Waals surface area (Å²) in [5, 5.41) is 2.07. The van der Waals surface area contributed by atoms with Crippen molar-refractivity contribution in [2.24, 2.45) is 0 Å². The van der Waals surface area contributed by atoms with Crippen LogP contribution in [0.1, 0.15) is 60.3 Å². The van der Waals surface area contributed by atoms with Crippen LogP contribution in [-0.4, -0.2) is 34.3 Å². The third kappa shape index (κ3) is 3.89. The minimum absolute atomic E-state index is 0.0468. The van der Waals surface area contributed by atoms with Gasteiger partial charge >= 0.3 is 0 Å². The molecular formula is C27H27N5O. The van der Waals surface area contributed by atoms with Gasteiger partial charge in [-0.1, -0.05) is 30.0 Å². The maximum Gasteiger partial charge on any atom is 0.285 e. The van der Waals surface area contributed by atoms with Crippen molar-refractivity contribution >= 4 is 11.6 Å². The summed E-state index contributed by atoms with van der Waals surface area (Å²) in [5.41, 5.74) is 4.73. The van der Waals surface area contributed by atoms with Gasteiger partial charge < -0.3 is 4.90 Å². The third-order valence-corrected chi connectivity index (χ3v) is 6.85. The summed E-state index contributed by atoms with van der Waals surface area (Å²) >= 11 is 0. The van der Waals surface area contributed by atoms with E-state index in [9.17, 15) is 4.79 Å². The molecule has 3 aliphatic rings. The lowest BCUT2D eigenvalue weighted by Crippen LogP contribution is -2.38. The van der Waals surface area contributed by atoms with Crippen molar-refractivity contribution in [2.75, 3.05) is 29.5 Å². The Morgan fingerprint density at radius 1 is 0.909 bits per heavy atom. The van der Waals surface area contributed by atoms with Gasteiger partial charge in [0.15, 0.2) is 0 Å². The lowest BCUT2D eigenvalue weighted by Gasteiger charge is -2.26. The molecule has 6 rings (SSSR count). The molecule has 4 heterocycles. The molecule has 0 radical (unpaired) electrons. The molecule has 1 aliphatic carbocycles. The molecule has 0 unspecified atom stereocenters. The second-order valence-electron chi connectivity index (χ2n) is 9.14. The number of piperidine rings is 1. The zero-order valence-electron chi connectivity index (χ0n) is 18.7. The van der Waals surface area contributed by atoms with Crippen LogP contribution in [0.25, 0.3) is 0 Å². The van der Waals surface area contributed by atoms with Gasteiger partial charge in [-0.05, 0) is 67.7 Å². The van der Waals surface area contributed by atoms with E-state index in [1.807, 2.05) is 12.3 Å². The van der Waals surface area contributed by atoms with Gasteiger partial charge in [0.25, 0.3) is 5.56 Å². The quantitative estimate of drug-likeness (QED) is 0.585. The van der Waals surface area contributed by atoms with Crippen LogP contribution in [0.15, 0.2) is 53.7 Å². The summed E-state index contributed by atoms with van der Waals surface area (Å²) in [7, 11) is 0. The average molecular weight is 438 g/mol. The molecule has 1 saturated carbocycles. The van der Waals surface area contributed by atoms with Crippen molar-refractivity contribution in [2.45, 2.75) is 44.4 Å².